The number of imide groups is 1. The molecule has 0 spiro atoms. The fraction of sp³-hybridized carbons (Fsp3) is 0.444. The number of anilines is 1. The molecule has 0 unspecified atom stereocenters. The Balaban J connectivity index is 2.13. The first-order valence-corrected chi connectivity index (χ1v) is 9.02. The second-order valence-electron chi connectivity index (χ2n) is 5.45. The Hall–Kier alpha value is -1.75. The quantitative estimate of drug-likeness (QED) is 0.695. The zero-order valence-electron chi connectivity index (χ0n) is 14.0. The zero-order chi connectivity index (χ0) is 16.8. The molecule has 1 aliphatic heterocycles. The summed E-state index contributed by atoms with van der Waals surface area (Å²) in [6.07, 6.45) is 3.63. The Bertz CT molecular complexity index is 592. The summed E-state index contributed by atoms with van der Waals surface area (Å²) >= 11 is 1.03. The molecule has 1 fully saturated rings. The summed E-state index contributed by atoms with van der Waals surface area (Å²) < 4.78 is 0. The van der Waals surface area contributed by atoms with E-state index in [0.29, 0.717) is 11.4 Å². The van der Waals surface area contributed by atoms with Crippen LogP contribution >= 0.6 is 11.8 Å². The molecule has 2 amide bonds. The fourth-order valence-corrected chi connectivity index (χ4v) is 3.40. The van der Waals surface area contributed by atoms with E-state index in [1.165, 1.54) is 10.6 Å². The highest BCUT2D eigenvalue weighted by Gasteiger charge is 2.34. The first kappa shape index (κ1) is 17.6. The van der Waals surface area contributed by atoms with Crippen LogP contribution in [0, 0.1) is 0 Å². The van der Waals surface area contributed by atoms with Crippen molar-refractivity contribution >= 4 is 34.7 Å². The number of amides is 2. The number of rotatable bonds is 7. The van der Waals surface area contributed by atoms with Gasteiger partial charge in [0.25, 0.3) is 11.1 Å². The van der Waals surface area contributed by atoms with Crippen LogP contribution in [0.1, 0.15) is 39.2 Å². The zero-order valence-corrected chi connectivity index (χ0v) is 14.9. The van der Waals surface area contributed by atoms with Crippen LogP contribution in [0.25, 0.3) is 6.08 Å². The summed E-state index contributed by atoms with van der Waals surface area (Å²) in [4.78, 5) is 28.4. The van der Waals surface area contributed by atoms with Crippen molar-refractivity contribution in [3.63, 3.8) is 0 Å². The lowest BCUT2D eigenvalue weighted by molar-refractivity contribution is -0.122. The molecular weight excluding hydrogens is 308 g/mol. The van der Waals surface area contributed by atoms with E-state index in [1.807, 2.05) is 25.1 Å². The number of carbonyl (C=O) groups is 2. The molecule has 124 valence electrons. The largest absolute Gasteiger partial charge is 0.372 e. The molecule has 4 nitrogen and oxygen atoms in total. The van der Waals surface area contributed by atoms with Gasteiger partial charge < -0.3 is 4.90 Å². The summed E-state index contributed by atoms with van der Waals surface area (Å²) in [5, 5.41) is -0.158. The van der Waals surface area contributed by atoms with E-state index in [4.69, 9.17) is 0 Å². The average molecular weight is 332 g/mol. The minimum atomic E-state index is -0.165. The molecule has 0 saturated carbocycles. The van der Waals surface area contributed by atoms with Gasteiger partial charge in [0.2, 0.25) is 0 Å². The van der Waals surface area contributed by atoms with E-state index in [9.17, 15) is 9.59 Å². The van der Waals surface area contributed by atoms with Gasteiger partial charge in [-0.15, -0.1) is 0 Å². The summed E-state index contributed by atoms with van der Waals surface area (Å²) in [5.41, 5.74) is 2.12. The van der Waals surface area contributed by atoms with Crippen molar-refractivity contribution in [2.24, 2.45) is 0 Å². The minimum Gasteiger partial charge on any atom is -0.372 e. The molecule has 0 aliphatic carbocycles. The molecule has 0 bridgehead atoms. The third-order valence-corrected chi connectivity index (χ3v) is 4.84. The molecule has 2 rings (SSSR count). The average Bonchev–Trinajstić information content (AvgIpc) is 2.82. The van der Waals surface area contributed by atoms with E-state index in [2.05, 4.69) is 30.9 Å². The SMILES string of the molecule is CCCCN1C(=O)S/C(=C\c2ccc(N(CC)CC)cc2)C1=O. The molecule has 1 aromatic carbocycles. The van der Waals surface area contributed by atoms with Gasteiger partial charge in [-0.05, 0) is 55.8 Å². The minimum absolute atomic E-state index is 0.158. The van der Waals surface area contributed by atoms with Gasteiger partial charge in [-0.25, -0.2) is 0 Å². The first-order chi connectivity index (χ1) is 11.1. The van der Waals surface area contributed by atoms with Crippen LogP contribution in [0.3, 0.4) is 0 Å². The van der Waals surface area contributed by atoms with E-state index < -0.39 is 0 Å². The Morgan fingerprint density at radius 1 is 1.09 bits per heavy atom. The molecule has 0 aromatic heterocycles. The predicted octanol–water partition coefficient (Wildman–Crippen LogP) is 4.37. The maximum absolute atomic E-state index is 12.3. The summed E-state index contributed by atoms with van der Waals surface area (Å²) in [6.45, 7) is 8.75. The number of nitrogens with zero attached hydrogens (tertiary/aromatic N) is 2. The lowest BCUT2D eigenvalue weighted by atomic mass is 10.1. The molecule has 1 saturated heterocycles. The molecule has 5 heteroatoms. The predicted molar refractivity (Wildman–Crippen MR) is 97.6 cm³/mol. The first-order valence-electron chi connectivity index (χ1n) is 8.21. The molecule has 0 N–H and O–H groups in total. The Kier molecular flexibility index (Phi) is 6.28. The molecule has 23 heavy (non-hydrogen) atoms. The van der Waals surface area contributed by atoms with Crippen molar-refractivity contribution in [1.29, 1.82) is 0 Å². The van der Waals surface area contributed by atoms with Gasteiger partial charge in [-0.1, -0.05) is 25.5 Å². The van der Waals surface area contributed by atoms with E-state index in [0.717, 1.165) is 43.3 Å². The third-order valence-electron chi connectivity index (χ3n) is 3.93. The van der Waals surface area contributed by atoms with Crippen LogP contribution in [0.5, 0.6) is 0 Å². The van der Waals surface area contributed by atoms with Gasteiger partial charge in [0.15, 0.2) is 0 Å². The molecule has 1 aromatic rings. The molecule has 1 heterocycles. The lowest BCUT2D eigenvalue weighted by Crippen LogP contribution is -2.29. The van der Waals surface area contributed by atoms with Gasteiger partial charge in [-0.2, -0.15) is 0 Å². The summed E-state index contributed by atoms with van der Waals surface area (Å²) in [7, 11) is 0. The van der Waals surface area contributed by atoms with Gasteiger partial charge in [0.05, 0.1) is 4.91 Å². The number of unbranched alkanes of at least 4 members (excludes halogenated alkanes) is 1. The van der Waals surface area contributed by atoms with Gasteiger partial charge in [0.1, 0.15) is 0 Å². The van der Waals surface area contributed by atoms with Gasteiger partial charge in [-0.3, -0.25) is 14.5 Å². The smallest absolute Gasteiger partial charge is 0.293 e. The number of carbonyl (C=O) groups excluding carboxylic acids is 2. The van der Waals surface area contributed by atoms with Crippen LogP contribution in [-0.4, -0.2) is 35.7 Å². The summed E-state index contributed by atoms with van der Waals surface area (Å²) in [6, 6.07) is 8.10. The van der Waals surface area contributed by atoms with Crippen molar-refractivity contribution in [2.45, 2.75) is 33.6 Å². The van der Waals surface area contributed by atoms with Crippen molar-refractivity contribution < 1.29 is 9.59 Å². The van der Waals surface area contributed by atoms with Crippen LogP contribution < -0.4 is 4.90 Å². The fourth-order valence-electron chi connectivity index (χ4n) is 2.53. The molecule has 0 radical (unpaired) electrons. The highest BCUT2D eigenvalue weighted by atomic mass is 32.2. The van der Waals surface area contributed by atoms with E-state index in [1.54, 1.807) is 0 Å². The monoisotopic (exact) mass is 332 g/mol. The summed E-state index contributed by atoms with van der Waals surface area (Å²) in [5.74, 6) is -0.165. The number of thioether (sulfide) groups is 1. The topological polar surface area (TPSA) is 40.6 Å². The Labute approximate surface area is 142 Å². The number of hydrogen-bond acceptors (Lipinski definition) is 4. The normalized spacial score (nSPS) is 16.5. The highest BCUT2D eigenvalue weighted by Crippen LogP contribution is 2.32. The second-order valence-corrected chi connectivity index (χ2v) is 6.44. The van der Waals surface area contributed by atoms with Crippen molar-refractivity contribution in [3.8, 4) is 0 Å². The van der Waals surface area contributed by atoms with Gasteiger partial charge in [0, 0.05) is 25.3 Å². The lowest BCUT2D eigenvalue weighted by Gasteiger charge is -2.20. The number of hydrogen-bond donors (Lipinski definition) is 0. The second kappa shape index (κ2) is 8.20. The molecular formula is C18H24N2O2S. The van der Waals surface area contributed by atoms with E-state index >= 15 is 0 Å². The van der Waals surface area contributed by atoms with Crippen LogP contribution in [0.2, 0.25) is 0 Å². The standard InChI is InChI=1S/C18H24N2O2S/c1-4-7-12-20-17(21)16(23-18(20)22)13-14-8-10-15(11-9-14)19(5-2)6-3/h8-11,13H,4-7,12H2,1-3H3/b16-13-. The van der Waals surface area contributed by atoms with Crippen LogP contribution in [0.15, 0.2) is 29.2 Å². The maximum atomic E-state index is 12.3. The van der Waals surface area contributed by atoms with Crippen molar-refractivity contribution in [3.05, 3.63) is 34.7 Å². The maximum Gasteiger partial charge on any atom is 0.293 e. The Morgan fingerprint density at radius 3 is 2.30 bits per heavy atom. The van der Waals surface area contributed by atoms with E-state index in [-0.39, 0.29) is 11.1 Å². The molecule has 1 aliphatic rings. The highest BCUT2D eigenvalue weighted by molar-refractivity contribution is 8.18. The third kappa shape index (κ3) is 4.16. The van der Waals surface area contributed by atoms with Crippen molar-refractivity contribution in [2.75, 3.05) is 24.5 Å². The Morgan fingerprint density at radius 2 is 1.74 bits per heavy atom. The molecule has 0 atom stereocenters. The van der Waals surface area contributed by atoms with Crippen LogP contribution in [0.4, 0.5) is 10.5 Å². The van der Waals surface area contributed by atoms with Crippen molar-refractivity contribution in [1.82, 2.24) is 4.90 Å². The van der Waals surface area contributed by atoms with Crippen LogP contribution in [-0.2, 0) is 4.79 Å². The number of benzene rings is 1. The van der Waals surface area contributed by atoms with Gasteiger partial charge >= 0.3 is 0 Å².